The molecule has 0 atom stereocenters. The van der Waals surface area contributed by atoms with E-state index < -0.39 is 11.6 Å². The highest BCUT2D eigenvalue weighted by molar-refractivity contribution is 5.94. The lowest BCUT2D eigenvalue weighted by atomic mass is 10.1. The Bertz CT molecular complexity index is 924. The summed E-state index contributed by atoms with van der Waals surface area (Å²) in [6.45, 7) is 1.80. The summed E-state index contributed by atoms with van der Waals surface area (Å²) in [4.78, 5) is 23.4. The van der Waals surface area contributed by atoms with E-state index in [4.69, 9.17) is 9.15 Å². The number of ether oxygens (including phenoxy) is 1. The van der Waals surface area contributed by atoms with E-state index in [1.807, 2.05) is 0 Å². The molecule has 0 aliphatic heterocycles. The van der Waals surface area contributed by atoms with Crippen molar-refractivity contribution in [2.75, 3.05) is 0 Å². The van der Waals surface area contributed by atoms with Crippen LogP contribution in [0.3, 0.4) is 0 Å². The standard InChI is InChI=1S/C17H12O5/c1-10-8-16(19)22-15-9-11(6-7-12(10)15)21-17(20)13-4-2-3-5-14(13)18/h2-9,18H,1H3. The van der Waals surface area contributed by atoms with Gasteiger partial charge in [-0.2, -0.15) is 0 Å². The maximum Gasteiger partial charge on any atom is 0.347 e. The number of rotatable bonds is 2. The Kier molecular flexibility index (Phi) is 3.39. The van der Waals surface area contributed by atoms with Crippen LogP contribution in [-0.2, 0) is 0 Å². The van der Waals surface area contributed by atoms with Crippen molar-refractivity contribution < 1.29 is 19.1 Å². The zero-order chi connectivity index (χ0) is 15.7. The van der Waals surface area contributed by atoms with Gasteiger partial charge in [-0.1, -0.05) is 12.1 Å². The summed E-state index contributed by atoms with van der Waals surface area (Å²) in [7, 11) is 0. The van der Waals surface area contributed by atoms with Crippen molar-refractivity contribution in [3.05, 3.63) is 70.1 Å². The van der Waals surface area contributed by atoms with Gasteiger partial charge < -0.3 is 14.3 Å². The molecule has 0 fully saturated rings. The van der Waals surface area contributed by atoms with Crippen LogP contribution in [0.25, 0.3) is 11.0 Å². The summed E-state index contributed by atoms with van der Waals surface area (Å²) < 4.78 is 10.3. The van der Waals surface area contributed by atoms with Crippen LogP contribution in [0, 0.1) is 6.92 Å². The van der Waals surface area contributed by atoms with Gasteiger partial charge in [0.25, 0.3) is 0 Å². The molecule has 2 aromatic carbocycles. The van der Waals surface area contributed by atoms with Crippen molar-refractivity contribution in [1.82, 2.24) is 0 Å². The van der Waals surface area contributed by atoms with Gasteiger partial charge in [0, 0.05) is 17.5 Å². The van der Waals surface area contributed by atoms with Crippen LogP contribution in [0.2, 0.25) is 0 Å². The predicted octanol–water partition coefficient (Wildman–Crippen LogP) is 3.03. The van der Waals surface area contributed by atoms with Crippen LogP contribution in [0.4, 0.5) is 0 Å². The van der Waals surface area contributed by atoms with Crippen LogP contribution in [0.5, 0.6) is 11.5 Å². The van der Waals surface area contributed by atoms with E-state index in [1.165, 1.54) is 24.3 Å². The van der Waals surface area contributed by atoms with Crippen LogP contribution in [0.15, 0.2) is 57.7 Å². The molecule has 0 spiro atoms. The molecule has 5 nitrogen and oxygen atoms in total. The number of phenolic OH excluding ortho intramolecular Hbond substituents is 1. The highest BCUT2D eigenvalue weighted by Gasteiger charge is 2.13. The van der Waals surface area contributed by atoms with Crippen molar-refractivity contribution >= 4 is 16.9 Å². The lowest BCUT2D eigenvalue weighted by Gasteiger charge is -2.07. The first kappa shape index (κ1) is 13.9. The minimum absolute atomic E-state index is 0.0632. The lowest BCUT2D eigenvalue weighted by Crippen LogP contribution is -2.08. The topological polar surface area (TPSA) is 76.7 Å². The highest BCUT2D eigenvalue weighted by Crippen LogP contribution is 2.24. The van der Waals surface area contributed by atoms with Gasteiger partial charge in [-0.15, -0.1) is 0 Å². The number of aromatic hydroxyl groups is 1. The highest BCUT2D eigenvalue weighted by atomic mass is 16.5. The molecule has 0 unspecified atom stereocenters. The van der Waals surface area contributed by atoms with E-state index in [0.29, 0.717) is 5.58 Å². The number of benzene rings is 2. The van der Waals surface area contributed by atoms with Gasteiger partial charge in [0.05, 0.1) is 0 Å². The van der Waals surface area contributed by atoms with Crippen LogP contribution < -0.4 is 10.4 Å². The van der Waals surface area contributed by atoms with E-state index in [-0.39, 0.29) is 17.1 Å². The molecule has 5 heteroatoms. The first-order chi connectivity index (χ1) is 10.5. The second kappa shape index (κ2) is 5.37. The quantitative estimate of drug-likeness (QED) is 0.447. The zero-order valence-corrected chi connectivity index (χ0v) is 11.7. The average molecular weight is 296 g/mol. The van der Waals surface area contributed by atoms with Crippen molar-refractivity contribution in [2.24, 2.45) is 0 Å². The van der Waals surface area contributed by atoms with Gasteiger partial charge in [-0.05, 0) is 36.8 Å². The number of esters is 1. The number of phenols is 1. The monoisotopic (exact) mass is 296 g/mol. The van der Waals surface area contributed by atoms with E-state index in [1.54, 1.807) is 31.2 Å². The van der Waals surface area contributed by atoms with Crippen LogP contribution in [-0.4, -0.2) is 11.1 Å². The lowest BCUT2D eigenvalue weighted by molar-refractivity contribution is 0.0732. The predicted molar refractivity (Wildman–Crippen MR) is 80.3 cm³/mol. The largest absolute Gasteiger partial charge is 0.507 e. The van der Waals surface area contributed by atoms with Crippen LogP contribution in [0.1, 0.15) is 15.9 Å². The Labute approximate surface area is 125 Å². The molecule has 0 aliphatic carbocycles. The second-order valence-corrected chi connectivity index (χ2v) is 4.81. The SMILES string of the molecule is Cc1cc(=O)oc2cc(OC(=O)c3ccccc3O)ccc12. The molecule has 0 bridgehead atoms. The van der Waals surface area contributed by atoms with Crippen molar-refractivity contribution in [3.8, 4) is 11.5 Å². The fourth-order valence-corrected chi connectivity index (χ4v) is 2.18. The molecule has 1 N–H and O–H groups in total. The fraction of sp³-hybridized carbons (Fsp3) is 0.0588. The average Bonchev–Trinajstić information content (AvgIpc) is 2.47. The smallest absolute Gasteiger partial charge is 0.347 e. The Morgan fingerprint density at radius 1 is 1.14 bits per heavy atom. The normalized spacial score (nSPS) is 10.6. The molecule has 22 heavy (non-hydrogen) atoms. The van der Waals surface area contributed by atoms with Crippen molar-refractivity contribution in [1.29, 1.82) is 0 Å². The Morgan fingerprint density at radius 3 is 2.68 bits per heavy atom. The number of para-hydroxylation sites is 1. The molecule has 1 aromatic heterocycles. The number of fused-ring (bicyclic) bond motifs is 1. The molecule has 3 rings (SSSR count). The first-order valence-corrected chi connectivity index (χ1v) is 6.59. The Morgan fingerprint density at radius 2 is 1.91 bits per heavy atom. The summed E-state index contributed by atoms with van der Waals surface area (Å²) in [5.41, 5.74) is 0.722. The number of carbonyl (C=O) groups is 1. The summed E-state index contributed by atoms with van der Waals surface area (Å²) in [6, 6.07) is 12.3. The van der Waals surface area contributed by atoms with Crippen molar-refractivity contribution in [2.45, 2.75) is 6.92 Å². The number of aryl methyl sites for hydroxylation is 1. The summed E-state index contributed by atoms with van der Waals surface area (Å²) in [6.07, 6.45) is 0. The summed E-state index contributed by atoms with van der Waals surface area (Å²) in [5, 5.41) is 10.4. The molecule has 0 saturated carbocycles. The van der Waals surface area contributed by atoms with Gasteiger partial charge in [0.15, 0.2) is 0 Å². The number of carbonyl (C=O) groups excluding carboxylic acids is 1. The zero-order valence-electron chi connectivity index (χ0n) is 11.7. The van der Waals surface area contributed by atoms with Gasteiger partial charge in [-0.3, -0.25) is 0 Å². The molecular weight excluding hydrogens is 284 g/mol. The second-order valence-electron chi connectivity index (χ2n) is 4.81. The molecule has 0 amide bonds. The van der Waals surface area contributed by atoms with E-state index >= 15 is 0 Å². The number of hydrogen-bond donors (Lipinski definition) is 1. The maximum atomic E-state index is 12.0. The summed E-state index contributed by atoms with van der Waals surface area (Å²) in [5.74, 6) is -0.613. The molecule has 110 valence electrons. The van der Waals surface area contributed by atoms with Gasteiger partial charge in [0.2, 0.25) is 0 Å². The van der Waals surface area contributed by atoms with Gasteiger partial charge >= 0.3 is 11.6 Å². The number of hydrogen-bond acceptors (Lipinski definition) is 5. The minimum atomic E-state index is -0.688. The Hall–Kier alpha value is -3.08. The van der Waals surface area contributed by atoms with E-state index in [0.717, 1.165) is 10.9 Å². The fourth-order valence-electron chi connectivity index (χ4n) is 2.18. The van der Waals surface area contributed by atoms with E-state index in [2.05, 4.69) is 0 Å². The van der Waals surface area contributed by atoms with E-state index in [9.17, 15) is 14.7 Å². The third-order valence-electron chi connectivity index (χ3n) is 3.26. The maximum absolute atomic E-state index is 12.0. The third kappa shape index (κ3) is 2.56. The minimum Gasteiger partial charge on any atom is -0.507 e. The molecular formula is C17H12O5. The summed E-state index contributed by atoms with van der Waals surface area (Å²) >= 11 is 0. The molecule has 1 heterocycles. The van der Waals surface area contributed by atoms with Crippen molar-refractivity contribution in [3.63, 3.8) is 0 Å². The molecule has 3 aromatic rings. The third-order valence-corrected chi connectivity index (χ3v) is 3.26. The van der Waals surface area contributed by atoms with Gasteiger partial charge in [-0.25, -0.2) is 9.59 Å². The molecule has 0 saturated heterocycles. The first-order valence-electron chi connectivity index (χ1n) is 6.59. The molecule has 0 radical (unpaired) electrons. The van der Waals surface area contributed by atoms with Gasteiger partial charge in [0.1, 0.15) is 22.6 Å². The molecule has 0 aliphatic rings. The van der Waals surface area contributed by atoms with Crippen LogP contribution >= 0.6 is 0 Å². The Balaban J connectivity index is 1.96.